The smallest absolute Gasteiger partial charge is 0.253 e. The number of likely N-dealkylation sites (tertiary alicyclic amines) is 1. The SMILES string of the molecule is O=C(NCc1ccco1)c1ccc(SCCN2CCCCC2)nc1. The first-order valence-electron chi connectivity index (χ1n) is 8.43. The molecule has 0 radical (unpaired) electrons. The second kappa shape index (κ2) is 8.89. The van der Waals surface area contributed by atoms with Gasteiger partial charge in [0.05, 0.1) is 23.4 Å². The highest BCUT2D eigenvalue weighted by atomic mass is 32.2. The molecule has 1 aliphatic rings. The second-order valence-electron chi connectivity index (χ2n) is 5.90. The zero-order chi connectivity index (χ0) is 16.6. The molecule has 2 aromatic heterocycles. The second-order valence-corrected chi connectivity index (χ2v) is 7.01. The van der Waals surface area contributed by atoms with E-state index in [4.69, 9.17) is 4.42 Å². The molecule has 1 aliphatic heterocycles. The predicted octanol–water partition coefficient (Wildman–Crippen LogP) is 3.18. The van der Waals surface area contributed by atoms with Crippen LogP contribution in [0.2, 0.25) is 0 Å². The summed E-state index contributed by atoms with van der Waals surface area (Å²) in [4.78, 5) is 19.0. The normalized spacial score (nSPS) is 15.3. The van der Waals surface area contributed by atoms with Crippen molar-refractivity contribution in [1.82, 2.24) is 15.2 Å². The van der Waals surface area contributed by atoms with E-state index in [-0.39, 0.29) is 5.91 Å². The Balaban J connectivity index is 1.41. The van der Waals surface area contributed by atoms with Crippen LogP contribution < -0.4 is 5.32 Å². The summed E-state index contributed by atoms with van der Waals surface area (Å²) in [6, 6.07) is 7.38. The molecule has 1 fully saturated rings. The summed E-state index contributed by atoms with van der Waals surface area (Å²) < 4.78 is 5.20. The van der Waals surface area contributed by atoms with Gasteiger partial charge < -0.3 is 14.6 Å². The molecule has 1 N–H and O–H groups in total. The fourth-order valence-electron chi connectivity index (χ4n) is 2.74. The highest BCUT2D eigenvalue weighted by Gasteiger charge is 2.10. The maximum absolute atomic E-state index is 12.1. The molecule has 0 saturated carbocycles. The number of rotatable bonds is 7. The molecule has 0 unspecified atom stereocenters. The zero-order valence-electron chi connectivity index (χ0n) is 13.7. The molecule has 0 atom stereocenters. The monoisotopic (exact) mass is 345 g/mol. The van der Waals surface area contributed by atoms with Crippen LogP contribution in [0.3, 0.4) is 0 Å². The van der Waals surface area contributed by atoms with Gasteiger partial charge in [0, 0.05) is 18.5 Å². The average molecular weight is 345 g/mol. The minimum Gasteiger partial charge on any atom is -0.467 e. The van der Waals surface area contributed by atoms with Crippen molar-refractivity contribution >= 4 is 17.7 Å². The van der Waals surface area contributed by atoms with Gasteiger partial charge in [0.15, 0.2) is 0 Å². The molecule has 0 aromatic carbocycles. The van der Waals surface area contributed by atoms with Gasteiger partial charge in [-0.2, -0.15) is 0 Å². The Morgan fingerprint density at radius 1 is 1.25 bits per heavy atom. The molecular weight excluding hydrogens is 322 g/mol. The van der Waals surface area contributed by atoms with Gasteiger partial charge in [-0.15, -0.1) is 11.8 Å². The van der Waals surface area contributed by atoms with Crippen molar-refractivity contribution in [1.29, 1.82) is 0 Å². The van der Waals surface area contributed by atoms with Crippen LogP contribution in [0.5, 0.6) is 0 Å². The van der Waals surface area contributed by atoms with E-state index in [1.807, 2.05) is 18.2 Å². The molecular formula is C18H23N3O2S. The summed E-state index contributed by atoms with van der Waals surface area (Å²) in [5, 5.41) is 3.79. The standard InChI is InChI=1S/C18H23N3O2S/c22-18(20-14-16-5-4-11-23-16)15-6-7-17(19-13-15)24-12-10-21-8-2-1-3-9-21/h4-7,11,13H,1-3,8-10,12,14H2,(H,20,22). The lowest BCUT2D eigenvalue weighted by molar-refractivity contribution is 0.0947. The van der Waals surface area contributed by atoms with Gasteiger partial charge in [-0.25, -0.2) is 4.98 Å². The number of nitrogens with zero attached hydrogens (tertiary/aromatic N) is 2. The molecule has 1 amide bonds. The van der Waals surface area contributed by atoms with E-state index in [1.54, 1.807) is 30.3 Å². The number of furan rings is 1. The summed E-state index contributed by atoms with van der Waals surface area (Å²) >= 11 is 1.75. The lowest BCUT2D eigenvalue weighted by Gasteiger charge is -2.25. The summed E-state index contributed by atoms with van der Waals surface area (Å²) in [5.41, 5.74) is 0.571. The van der Waals surface area contributed by atoms with Gasteiger partial charge in [0.1, 0.15) is 5.76 Å². The van der Waals surface area contributed by atoms with Crippen molar-refractivity contribution in [2.75, 3.05) is 25.4 Å². The Labute approximate surface area is 146 Å². The van der Waals surface area contributed by atoms with Crippen LogP contribution in [0.25, 0.3) is 0 Å². The Morgan fingerprint density at radius 2 is 2.12 bits per heavy atom. The van der Waals surface area contributed by atoms with Crippen molar-refractivity contribution in [3.8, 4) is 0 Å². The van der Waals surface area contributed by atoms with Gasteiger partial charge in [-0.05, 0) is 50.2 Å². The fourth-order valence-corrected chi connectivity index (χ4v) is 3.60. The zero-order valence-corrected chi connectivity index (χ0v) is 14.6. The van der Waals surface area contributed by atoms with Crippen LogP contribution >= 0.6 is 11.8 Å². The lowest BCUT2D eigenvalue weighted by atomic mass is 10.1. The molecule has 2 aromatic rings. The number of amides is 1. The minimum atomic E-state index is -0.135. The summed E-state index contributed by atoms with van der Waals surface area (Å²) in [5.74, 6) is 1.64. The summed E-state index contributed by atoms with van der Waals surface area (Å²) in [6.45, 7) is 3.95. The number of piperidine rings is 1. The Kier molecular flexibility index (Phi) is 6.32. The number of aromatic nitrogens is 1. The number of carbonyl (C=O) groups is 1. The predicted molar refractivity (Wildman–Crippen MR) is 95.1 cm³/mol. The van der Waals surface area contributed by atoms with Crippen LogP contribution in [-0.4, -0.2) is 41.2 Å². The number of hydrogen-bond donors (Lipinski definition) is 1. The van der Waals surface area contributed by atoms with Crippen molar-refractivity contribution in [3.63, 3.8) is 0 Å². The Morgan fingerprint density at radius 3 is 2.83 bits per heavy atom. The van der Waals surface area contributed by atoms with Crippen molar-refractivity contribution in [2.45, 2.75) is 30.8 Å². The third-order valence-corrected chi connectivity index (χ3v) is 5.03. The fraction of sp³-hybridized carbons (Fsp3) is 0.444. The Bertz CT molecular complexity index is 622. The van der Waals surface area contributed by atoms with Gasteiger partial charge in [0.25, 0.3) is 5.91 Å². The van der Waals surface area contributed by atoms with Gasteiger partial charge in [0.2, 0.25) is 0 Å². The number of pyridine rings is 1. The lowest BCUT2D eigenvalue weighted by Crippen LogP contribution is -2.31. The molecule has 1 saturated heterocycles. The van der Waals surface area contributed by atoms with E-state index < -0.39 is 0 Å². The van der Waals surface area contributed by atoms with Crippen LogP contribution in [0.4, 0.5) is 0 Å². The third-order valence-electron chi connectivity index (χ3n) is 4.11. The first-order valence-corrected chi connectivity index (χ1v) is 9.41. The quantitative estimate of drug-likeness (QED) is 0.781. The maximum Gasteiger partial charge on any atom is 0.253 e. The first-order chi connectivity index (χ1) is 11.8. The van der Waals surface area contributed by atoms with Crippen LogP contribution in [0.1, 0.15) is 35.4 Å². The topological polar surface area (TPSA) is 58.4 Å². The van der Waals surface area contributed by atoms with Crippen molar-refractivity contribution in [2.24, 2.45) is 0 Å². The highest BCUT2D eigenvalue weighted by Crippen LogP contribution is 2.17. The first kappa shape index (κ1) is 17.0. The van der Waals surface area contributed by atoms with E-state index in [0.717, 1.165) is 23.1 Å². The number of hydrogen-bond acceptors (Lipinski definition) is 5. The molecule has 6 heteroatoms. The number of nitrogens with one attached hydrogen (secondary N) is 1. The number of carbonyl (C=O) groups excluding carboxylic acids is 1. The Hall–Kier alpha value is -1.79. The van der Waals surface area contributed by atoms with Gasteiger partial charge in [-0.3, -0.25) is 4.79 Å². The van der Waals surface area contributed by atoms with E-state index in [2.05, 4.69) is 15.2 Å². The molecule has 128 valence electrons. The molecule has 24 heavy (non-hydrogen) atoms. The van der Waals surface area contributed by atoms with Crippen LogP contribution in [0, 0.1) is 0 Å². The average Bonchev–Trinajstić information content (AvgIpc) is 3.15. The van der Waals surface area contributed by atoms with Crippen LogP contribution in [-0.2, 0) is 6.54 Å². The summed E-state index contributed by atoms with van der Waals surface area (Å²) in [7, 11) is 0. The van der Waals surface area contributed by atoms with E-state index in [1.165, 1.54) is 32.4 Å². The molecule has 3 heterocycles. The minimum absolute atomic E-state index is 0.135. The third kappa shape index (κ3) is 5.11. The molecule has 3 rings (SSSR count). The van der Waals surface area contributed by atoms with Crippen molar-refractivity contribution in [3.05, 3.63) is 48.0 Å². The maximum atomic E-state index is 12.1. The van der Waals surface area contributed by atoms with Crippen LogP contribution in [0.15, 0.2) is 46.2 Å². The highest BCUT2D eigenvalue weighted by molar-refractivity contribution is 7.99. The van der Waals surface area contributed by atoms with E-state index >= 15 is 0 Å². The summed E-state index contributed by atoms with van der Waals surface area (Å²) in [6.07, 6.45) is 7.25. The molecule has 0 bridgehead atoms. The van der Waals surface area contributed by atoms with Gasteiger partial charge >= 0.3 is 0 Å². The largest absolute Gasteiger partial charge is 0.467 e. The van der Waals surface area contributed by atoms with E-state index in [0.29, 0.717) is 12.1 Å². The molecule has 0 aliphatic carbocycles. The molecule has 0 spiro atoms. The molecule has 5 nitrogen and oxygen atoms in total. The number of thioether (sulfide) groups is 1. The van der Waals surface area contributed by atoms with Gasteiger partial charge in [-0.1, -0.05) is 6.42 Å². The van der Waals surface area contributed by atoms with E-state index in [9.17, 15) is 4.79 Å². The van der Waals surface area contributed by atoms with Crippen molar-refractivity contribution < 1.29 is 9.21 Å².